The topological polar surface area (TPSA) is 0 Å². The van der Waals surface area contributed by atoms with E-state index in [1.54, 1.807) is 0 Å². The molecule has 0 aromatic rings. The van der Waals surface area contributed by atoms with E-state index in [1.807, 2.05) is 6.92 Å². The Balaban J connectivity index is 3.34. The van der Waals surface area contributed by atoms with Crippen molar-refractivity contribution in [2.45, 2.75) is 13.8 Å². The van der Waals surface area contributed by atoms with Crippen molar-refractivity contribution >= 4 is 15.9 Å². The Kier molecular flexibility index (Phi) is 3.35. The van der Waals surface area contributed by atoms with Crippen molar-refractivity contribution in [2.75, 3.05) is 5.33 Å². The van der Waals surface area contributed by atoms with Crippen molar-refractivity contribution in [1.82, 2.24) is 0 Å². The number of hydrogen-bond acceptors (Lipinski definition) is 0. The van der Waals surface area contributed by atoms with Crippen LogP contribution in [-0.4, -0.2) is 5.33 Å². The molecule has 1 atom stereocenters. The van der Waals surface area contributed by atoms with Gasteiger partial charge in [0, 0.05) is 5.33 Å². The van der Waals surface area contributed by atoms with E-state index in [2.05, 4.69) is 29.4 Å². The van der Waals surface area contributed by atoms with Crippen LogP contribution in [0.25, 0.3) is 0 Å². The minimum Gasteiger partial charge on any atom is -0.0998 e. The lowest BCUT2D eigenvalue weighted by molar-refractivity contribution is 0.793. The van der Waals surface area contributed by atoms with Crippen LogP contribution < -0.4 is 0 Å². The van der Waals surface area contributed by atoms with Crippen LogP contribution in [0.1, 0.15) is 13.8 Å². The first-order chi connectivity index (χ1) is 3.18. The molecule has 0 aliphatic rings. The molecule has 42 valence electrons. The van der Waals surface area contributed by atoms with Gasteiger partial charge in [-0.25, -0.2) is 0 Å². The summed E-state index contributed by atoms with van der Waals surface area (Å²) in [5.41, 5.74) is 1.25. The Morgan fingerprint density at radius 1 is 1.86 bits per heavy atom. The van der Waals surface area contributed by atoms with Gasteiger partial charge in [-0.1, -0.05) is 35.0 Å². The van der Waals surface area contributed by atoms with E-state index in [4.69, 9.17) is 0 Å². The summed E-state index contributed by atoms with van der Waals surface area (Å²) >= 11 is 3.35. The van der Waals surface area contributed by atoms with Crippen LogP contribution in [-0.2, 0) is 0 Å². The zero-order valence-electron chi connectivity index (χ0n) is 4.87. The molecule has 0 aliphatic heterocycles. The largest absolute Gasteiger partial charge is 0.0998 e. The highest BCUT2D eigenvalue weighted by atomic mass is 79.9. The first-order valence-electron chi connectivity index (χ1n) is 2.40. The van der Waals surface area contributed by atoms with Crippen LogP contribution in [0.3, 0.4) is 0 Å². The zero-order valence-corrected chi connectivity index (χ0v) is 6.46. The molecular weight excluding hydrogens is 152 g/mol. The Hall–Kier alpha value is 0.220. The minimum absolute atomic E-state index is 0.625. The Labute approximate surface area is 53.7 Å². The van der Waals surface area contributed by atoms with Gasteiger partial charge in [0.1, 0.15) is 0 Å². The van der Waals surface area contributed by atoms with Crippen LogP contribution in [0.5, 0.6) is 0 Å². The van der Waals surface area contributed by atoms with Crippen molar-refractivity contribution in [1.29, 1.82) is 0 Å². The van der Waals surface area contributed by atoms with Gasteiger partial charge in [-0.05, 0) is 12.8 Å². The van der Waals surface area contributed by atoms with Crippen molar-refractivity contribution in [2.24, 2.45) is 5.92 Å². The smallest absolute Gasteiger partial charge is 0.00941 e. The number of halogens is 1. The normalized spacial score (nSPS) is 13.6. The van der Waals surface area contributed by atoms with Crippen LogP contribution >= 0.6 is 15.9 Å². The first-order valence-corrected chi connectivity index (χ1v) is 3.52. The molecule has 0 amide bonds. The van der Waals surface area contributed by atoms with Gasteiger partial charge in [0.05, 0.1) is 0 Å². The van der Waals surface area contributed by atoms with Gasteiger partial charge >= 0.3 is 0 Å². The van der Waals surface area contributed by atoms with E-state index in [9.17, 15) is 0 Å². The van der Waals surface area contributed by atoms with Gasteiger partial charge in [-0.3, -0.25) is 0 Å². The molecule has 0 N–H and O–H groups in total. The van der Waals surface area contributed by atoms with Crippen molar-refractivity contribution < 1.29 is 0 Å². The molecule has 0 spiro atoms. The SMILES string of the molecule is C=C(C)[C@@H](C)CBr. The maximum atomic E-state index is 3.80. The van der Waals surface area contributed by atoms with E-state index in [0.717, 1.165) is 5.33 Å². The third-order valence-electron chi connectivity index (χ3n) is 1.07. The standard InChI is InChI=1S/C6H11Br/c1-5(2)6(3)4-7/h6H,1,4H2,2-3H3/t6-/m0/s1. The molecule has 0 saturated carbocycles. The molecule has 0 radical (unpaired) electrons. The van der Waals surface area contributed by atoms with Crippen LogP contribution in [0.15, 0.2) is 12.2 Å². The maximum Gasteiger partial charge on any atom is 0.00941 e. The van der Waals surface area contributed by atoms with E-state index in [1.165, 1.54) is 5.57 Å². The fourth-order valence-electron chi connectivity index (χ4n) is 0.132. The molecular formula is C6H11Br. The predicted molar refractivity (Wildman–Crippen MR) is 37.8 cm³/mol. The fourth-order valence-corrected chi connectivity index (χ4v) is 0.684. The molecule has 0 aromatic heterocycles. The monoisotopic (exact) mass is 162 g/mol. The molecule has 0 bridgehead atoms. The zero-order chi connectivity index (χ0) is 5.86. The Morgan fingerprint density at radius 2 is 2.29 bits per heavy atom. The quantitative estimate of drug-likeness (QED) is 0.433. The van der Waals surface area contributed by atoms with E-state index in [-0.39, 0.29) is 0 Å². The lowest BCUT2D eigenvalue weighted by atomic mass is 10.1. The summed E-state index contributed by atoms with van der Waals surface area (Å²) in [4.78, 5) is 0. The predicted octanol–water partition coefficient (Wildman–Crippen LogP) is 2.59. The summed E-state index contributed by atoms with van der Waals surface area (Å²) in [5, 5.41) is 1.03. The molecule has 0 heterocycles. The Morgan fingerprint density at radius 3 is 2.29 bits per heavy atom. The van der Waals surface area contributed by atoms with Crippen LogP contribution in [0, 0.1) is 5.92 Å². The molecule has 0 fully saturated rings. The highest BCUT2D eigenvalue weighted by Crippen LogP contribution is 2.08. The van der Waals surface area contributed by atoms with Gasteiger partial charge < -0.3 is 0 Å². The molecule has 0 aromatic carbocycles. The molecule has 0 saturated heterocycles. The van der Waals surface area contributed by atoms with Crippen molar-refractivity contribution in [3.63, 3.8) is 0 Å². The maximum absolute atomic E-state index is 3.80. The summed E-state index contributed by atoms with van der Waals surface area (Å²) < 4.78 is 0. The fraction of sp³-hybridized carbons (Fsp3) is 0.667. The summed E-state index contributed by atoms with van der Waals surface area (Å²) in [6.45, 7) is 7.99. The highest BCUT2D eigenvalue weighted by Gasteiger charge is 1.95. The average molecular weight is 163 g/mol. The molecule has 0 unspecified atom stereocenters. The van der Waals surface area contributed by atoms with Crippen molar-refractivity contribution in [3.8, 4) is 0 Å². The van der Waals surface area contributed by atoms with Crippen LogP contribution in [0.4, 0.5) is 0 Å². The average Bonchev–Trinajstić information content (AvgIpc) is 1.65. The summed E-state index contributed by atoms with van der Waals surface area (Å²) in [6, 6.07) is 0. The van der Waals surface area contributed by atoms with Gasteiger partial charge in [-0.2, -0.15) is 0 Å². The van der Waals surface area contributed by atoms with Gasteiger partial charge in [-0.15, -0.1) is 0 Å². The van der Waals surface area contributed by atoms with Crippen molar-refractivity contribution in [3.05, 3.63) is 12.2 Å². The lowest BCUT2D eigenvalue weighted by Crippen LogP contribution is -1.94. The molecule has 0 rings (SSSR count). The van der Waals surface area contributed by atoms with E-state index < -0.39 is 0 Å². The molecule has 0 nitrogen and oxygen atoms in total. The molecule has 0 aliphatic carbocycles. The summed E-state index contributed by atoms with van der Waals surface area (Å²) in [7, 11) is 0. The lowest BCUT2D eigenvalue weighted by Gasteiger charge is -2.02. The Bertz CT molecular complexity index is 66.6. The first kappa shape index (κ1) is 7.22. The summed E-state index contributed by atoms with van der Waals surface area (Å²) in [5.74, 6) is 0.625. The van der Waals surface area contributed by atoms with Crippen LogP contribution in [0.2, 0.25) is 0 Å². The molecule has 1 heteroatoms. The molecule has 7 heavy (non-hydrogen) atoms. The number of hydrogen-bond donors (Lipinski definition) is 0. The summed E-state index contributed by atoms with van der Waals surface area (Å²) in [6.07, 6.45) is 0. The second kappa shape index (κ2) is 3.25. The third-order valence-corrected chi connectivity index (χ3v) is 2.04. The minimum atomic E-state index is 0.625. The second-order valence-electron chi connectivity index (χ2n) is 1.90. The van der Waals surface area contributed by atoms with Gasteiger partial charge in [0.15, 0.2) is 0 Å². The van der Waals surface area contributed by atoms with Gasteiger partial charge in [0.25, 0.3) is 0 Å². The second-order valence-corrected chi connectivity index (χ2v) is 2.55. The number of alkyl halides is 1. The van der Waals surface area contributed by atoms with E-state index >= 15 is 0 Å². The number of rotatable bonds is 2. The van der Waals surface area contributed by atoms with Gasteiger partial charge in [0.2, 0.25) is 0 Å². The highest BCUT2D eigenvalue weighted by molar-refractivity contribution is 9.09. The third kappa shape index (κ3) is 2.86. The van der Waals surface area contributed by atoms with E-state index in [0.29, 0.717) is 5.92 Å². The number of allylic oxidation sites excluding steroid dienone is 1.